The third kappa shape index (κ3) is 10.4. The molecule has 2 aromatic rings. The van der Waals surface area contributed by atoms with E-state index in [2.05, 4.69) is 17.6 Å². The van der Waals surface area contributed by atoms with Crippen molar-refractivity contribution in [3.05, 3.63) is 48.5 Å². The summed E-state index contributed by atoms with van der Waals surface area (Å²) in [5.74, 6) is 0. The summed E-state index contributed by atoms with van der Waals surface area (Å²) in [5, 5.41) is 6.95. The molecule has 6 N–H and O–H groups in total. The quantitative estimate of drug-likeness (QED) is 0.454. The van der Waals surface area contributed by atoms with Crippen molar-refractivity contribution in [3.8, 4) is 0 Å². The minimum atomic E-state index is 0. The summed E-state index contributed by atoms with van der Waals surface area (Å²) in [5.41, 5.74) is 15.2. The molecule has 0 saturated carbocycles. The molecule has 2 rings (SSSR count). The molecule has 0 aliphatic rings. The summed E-state index contributed by atoms with van der Waals surface area (Å²) < 4.78 is 0. The third-order valence-electron chi connectivity index (χ3n) is 3.51. The van der Waals surface area contributed by atoms with Crippen LogP contribution < -0.4 is 22.1 Å². The van der Waals surface area contributed by atoms with Crippen LogP contribution in [-0.2, 0) is 0 Å². The number of hydrogen-bond donors (Lipinski definition) is 4. The van der Waals surface area contributed by atoms with E-state index < -0.39 is 0 Å². The van der Waals surface area contributed by atoms with Crippen LogP contribution in [0.4, 0.5) is 22.7 Å². The van der Waals surface area contributed by atoms with E-state index in [0.29, 0.717) is 6.04 Å². The molecule has 0 heterocycles. The van der Waals surface area contributed by atoms with Crippen LogP contribution in [0.15, 0.2) is 48.5 Å². The van der Waals surface area contributed by atoms with E-state index in [4.69, 9.17) is 11.5 Å². The maximum atomic E-state index is 5.70. The highest BCUT2D eigenvalue weighted by Gasteiger charge is 2.05. The van der Waals surface area contributed by atoms with Crippen LogP contribution in [0, 0.1) is 0 Å². The predicted molar refractivity (Wildman–Crippen MR) is 122 cm³/mol. The first-order chi connectivity index (χ1) is 10.2. The number of rotatable bonds is 7. The fourth-order valence-electron chi connectivity index (χ4n) is 2.19. The van der Waals surface area contributed by atoms with Crippen LogP contribution in [0.1, 0.15) is 19.8 Å². The topological polar surface area (TPSA) is 76.1 Å². The molecule has 0 spiro atoms. The molecule has 2 aromatic carbocycles. The zero-order valence-corrected chi connectivity index (χ0v) is 17.4. The van der Waals surface area contributed by atoms with Gasteiger partial charge < -0.3 is 22.1 Å². The highest BCUT2D eigenvalue weighted by Crippen LogP contribution is 2.15. The predicted octanol–water partition coefficient (Wildman–Crippen LogP) is 5.23. The van der Waals surface area contributed by atoms with E-state index >= 15 is 0 Å². The highest BCUT2D eigenvalue weighted by molar-refractivity contribution is 5.86. The molecule has 25 heavy (non-hydrogen) atoms. The van der Waals surface area contributed by atoms with Crippen LogP contribution in [0.3, 0.4) is 0 Å². The minimum Gasteiger partial charge on any atom is -0.399 e. The van der Waals surface area contributed by atoms with Gasteiger partial charge in [0, 0.05) is 35.3 Å². The van der Waals surface area contributed by atoms with Gasteiger partial charge in [-0.15, -0.1) is 49.6 Å². The number of anilines is 4. The monoisotopic (exact) mass is 428 g/mol. The zero-order valence-electron chi connectivity index (χ0n) is 14.1. The number of halogens is 4. The summed E-state index contributed by atoms with van der Waals surface area (Å²) in [6.45, 7) is 3.11. The molecule has 8 heteroatoms. The molecular formula is C17H28Cl4N4. The van der Waals surface area contributed by atoms with Gasteiger partial charge in [0.25, 0.3) is 0 Å². The van der Waals surface area contributed by atoms with Crippen molar-refractivity contribution in [3.63, 3.8) is 0 Å². The number of hydrogen-bond acceptors (Lipinski definition) is 4. The van der Waals surface area contributed by atoms with Crippen LogP contribution in [0.25, 0.3) is 0 Å². The smallest absolute Gasteiger partial charge is 0.0343 e. The number of nitrogens with two attached hydrogens (primary N) is 2. The van der Waals surface area contributed by atoms with E-state index in [1.165, 1.54) is 0 Å². The average Bonchev–Trinajstić information content (AvgIpc) is 2.50. The fourth-order valence-corrected chi connectivity index (χ4v) is 2.19. The van der Waals surface area contributed by atoms with Crippen molar-refractivity contribution in [1.29, 1.82) is 0 Å². The Bertz CT molecular complexity index is 550. The second kappa shape index (κ2) is 15.1. The average molecular weight is 430 g/mol. The summed E-state index contributed by atoms with van der Waals surface area (Å²) in [6.07, 6.45) is 2.12. The van der Waals surface area contributed by atoms with Gasteiger partial charge in [-0.25, -0.2) is 0 Å². The van der Waals surface area contributed by atoms with Gasteiger partial charge in [0.2, 0.25) is 0 Å². The Morgan fingerprint density at radius 1 is 0.760 bits per heavy atom. The fraction of sp³-hybridized carbons (Fsp3) is 0.294. The van der Waals surface area contributed by atoms with Crippen LogP contribution in [0.5, 0.6) is 0 Å². The van der Waals surface area contributed by atoms with Gasteiger partial charge in [-0.1, -0.05) is 6.92 Å². The normalized spacial score (nSPS) is 9.96. The summed E-state index contributed by atoms with van der Waals surface area (Å²) in [4.78, 5) is 0. The molecule has 1 atom stereocenters. The minimum absolute atomic E-state index is 0. The molecular weight excluding hydrogens is 402 g/mol. The van der Waals surface area contributed by atoms with Crippen molar-refractivity contribution in [2.45, 2.75) is 25.8 Å². The van der Waals surface area contributed by atoms with Gasteiger partial charge in [-0.3, -0.25) is 0 Å². The molecule has 144 valence electrons. The van der Waals surface area contributed by atoms with Crippen LogP contribution in [0.2, 0.25) is 0 Å². The zero-order chi connectivity index (χ0) is 15.1. The summed E-state index contributed by atoms with van der Waals surface area (Å²) in [7, 11) is 0. The lowest BCUT2D eigenvalue weighted by Gasteiger charge is -2.19. The molecule has 0 saturated heterocycles. The van der Waals surface area contributed by atoms with E-state index in [1.807, 2.05) is 48.5 Å². The Kier molecular flexibility index (Phi) is 17.3. The van der Waals surface area contributed by atoms with Gasteiger partial charge in [0.1, 0.15) is 0 Å². The first-order valence-corrected chi connectivity index (χ1v) is 7.39. The van der Waals surface area contributed by atoms with Gasteiger partial charge in [0.05, 0.1) is 0 Å². The Hall–Kier alpha value is -1.20. The second-order valence-corrected chi connectivity index (χ2v) is 5.21. The standard InChI is InChI=1S/C17H24N4.4ClH/c1-2-15(21-17-9-5-14(19)6-10-17)11-12-20-16-7-3-13(18)4-8-16;;;;/h3-10,15,20-21H,2,11-12,18-19H2,1H3;4*1H. The maximum Gasteiger partial charge on any atom is 0.0343 e. The lowest BCUT2D eigenvalue weighted by Crippen LogP contribution is -2.22. The van der Waals surface area contributed by atoms with E-state index in [0.717, 1.165) is 42.1 Å². The first kappa shape index (κ1) is 28.6. The van der Waals surface area contributed by atoms with Crippen LogP contribution in [-0.4, -0.2) is 12.6 Å². The maximum absolute atomic E-state index is 5.70. The van der Waals surface area contributed by atoms with Crippen molar-refractivity contribution in [2.75, 3.05) is 28.6 Å². The SMILES string of the molecule is CCC(CCNc1ccc(N)cc1)Nc1ccc(N)cc1.Cl.Cl.Cl.Cl. The van der Waals surface area contributed by atoms with Crippen molar-refractivity contribution >= 4 is 72.4 Å². The first-order valence-electron chi connectivity index (χ1n) is 7.39. The summed E-state index contributed by atoms with van der Waals surface area (Å²) in [6, 6.07) is 16.1. The second-order valence-electron chi connectivity index (χ2n) is 5.21. The largest absolute Gasteiger partial charge is 0.399 e. The van der Waals surface area contributed by atoms with Crippen molar-refractivity contribution in [2.24, 2.45) is 0 Å². The molecule has 0 aliphatic heterocycles. The Morgan fingerprint density at radius 3 is 1.64 bits per heavy atom. The Balaban J connectivity index is -0.00000121. The molecule has 1 unspecified atom stereocenters. The highest BCUT2D eigenvalue weighted by atomic mass is 35.5. The van der Waals surface area contributed by atoms with Crippen LogP contribution >= 0.6 is 49.6 Å². The number of nitrogens with one attached hydrogen (secondary N) is 2. The molecule has 0 aromatic heterocycles. The summed E-state index contributed by atoms with van der Waals surface area (Å²) >= 11 is 0. The number of benzene rings is 2. The van der Waals surface area contributed by atoms with E-state index in [9.17, 15) is 0 Å². The van der Waals surface area contributed by atoms with Crippen molar-refractivity contribution < 1.29 is 0 Å². The molecule has 0 amide bonds. The lowest BCUT2D eigenvalue weighted by molar-refractivity contribution is 0.653. The number of nitrogen functional groups attached to an aromatic ring is 2. The van der Waals surface area contributed by atoms with Gasteiger partial charge in [-0.05, 0) is 61.4 Å². The van der Waals surface area contributed by atoms with Gasteiger partial charge in [-0.2, -0.15) is 0 Å². The lowest BCUT2D eigenvalue weighted by atomic mass is 10.1. The van der Waals surface area contributed by atoms with Gasteiger partial charge in [0.15, 0.2) is 0 Å². The van der Waals surface area contributed by atoms with E-state index in [-0.39, 0.29) is 49.6 Å². The van der Waals surface area contributed by atoms with E-state index in [1.54, 1.807) is 0 Å². The molecule has 0 aliphatic carbocycles. The Labute approximate surface area is 175 Å². The molecule has 0 fully saturated rings. The molecule has 0 bridgehead atoms. The Morgan fingerprint density at radius 2 is 1.20 bits per heavy atom. The van der Waals surface area contributed by atoms with Gasteiger partial charge >= 0.3 is 0 Å². The third-order valence-corrected chi connectivity index (χ3v) is 3.51. The molecule has 0 radical (unpaired) electrons. The molecule has 4 nitrogen and oxygen atoms in total. The van der Waals surface area contributed by atoms with Crippen molar-refractivity contribution in [1.82, 2.24) is 0 Å².